The monoisotopic (exact) mass is 591 g/mol. The molecule has 7 N–H and O–H groups in total. The molecule has 0 saturated carbocycles. The normalized spacial score (nSPS) is 12.3. The molecule has 13 heteroatoms. The minimum Gasteiger partial charge on any atom is -0.497 e. The summed E-state index contributed by atoms with van der Waals surface area (Å²) in [6.45, 7) is -0.0388. The number of ether oxygens (including phenoxy) is 1. The lowest BCUT2D eigenvalue weighted by Gasteiger charge is -2.42. The predicted octanol–water partition coefficient (Wildman–Crippen LogP) is 3.20. The maximum atomic E-state index is 14.0. The molecule has 42 heavy (non-hydrogen) atoms. The van der Waals surface area contributed by atoms with Gasteiger partial charge in [-0.3, -0.25) is 24.7 Å². The summed E-state index contributed by atoms with van der Waals surface area (Å²) in [5.41, 5.74) is 16.9. The number of hydrogen-bond donors (Lipinski definition) is 4. The average Bonchev–Trinajstić information content (AvgIpc) is 3.37. The Balaban J connectivity index is 1.90. The van der Waals surface area contributed by atoms with Crippen LogP contribution in [0.25, 0.3) is 10.9 Å². The van der Waals surface area contributed by atoms with E-state index in [1.807, 2.05) is 24.4 Å². The summed E-state index contributed by atoms with van der Waals surface area (Å²) >= 11 is 6.12. The number of nitrogens with zero attached hydrogens (tertiary/aromatic N) is 3. The standard InChI is InChI=1S/C29H30ClN7O5/c1-42-21-8-9-22-18(17-35-24(22)16-21)12-14-36(26(38)11-13-34-28(32)33)29(27(31)39,19-5-3-2-4-6-19)20-7-10-23(30)25(15-20)37(40)41/h2-10,15-17,35H,11-14H2,1H3,(H2,31,39)(H4,32,33,34). The van der Waals surface area contributed by atoms with Gasteiger partial charge in [-0.2, -0.15) is 0 Å². The van der Waals surface area contributed by atoms with Crippen molar-refractivity contribution in [3.8, 4) is 5.75 Å². The van der Waals surface area contributed by atoms with Crippen LogP contribution in [0.1, 0.15) is 23.1 Å². The predicted molar refractivity (Wildman–Crippen MR) is 160 cm³/mol. The number of aromatic amines is 1. The van der Waals surface area contributed by atoms with Crippen LogP contribution in [0, 0.1) is 10.1 Å². The number of H-pyrrole nitrogens is 1. The van der Waals surface area contributed by atoms with Gasteiger partial charge in [-0.05, 0) is 41.3 Å². The Morgan fingerprint density at radius 3 is 2.45 bits per heavy atom. The lowest BCUT2D eigenvalue weighted by Crippen LogP contribution is -2.58. The maximum absolute atomic E-state index is 14.0. The fourth-order valence-electron chi connectivity index (χ4n) is 5.08. The summed E-state index contributed by atoms with van der Waals surface area (Å²) in [5, 5.41) is 12.6. The molecule has 0 aliphatic rings. The molecule has 4 aromatic rings. The summed E-state index contributed by atoms with van der Waals surface area (Å²) < 4.78 is 5.31. The first-order valence-corrected chi connectivity index (χ1v) is 13.3. The summed E-state index contributed by atoms with van der Waals surface area (Å²) in [6, 6.07) is 17.9. The smallest absolute Gasteiger partial charge is 0.288 e. The Kier molecular flexibility index (Phi) is 8.96. The number of benzene rings is 3. The minimum absolute atomic E-state index is 0.00783. The molecule has 4 rings (SSSR count). The van der Waals surface area contributed by atoms with Crippen molar-refractivity contribution in [3.05, 3.63) is 105 Å². The number of hydrogen-bond acceptors (Lipinski definition) is 6. The lowest BCUT2D eigenvalue weighted by atomic mass is 9.79. The van der Waals surface area contributed by atoms with Gasteiger partial charge >= 0.3 is 0 Å². The second-order valence-corrected chi connectivity index (χ2v) is 9.85. The third-order valence-corrected chi connectivity index (χ3v) is 7.33. The van der Waals surface area contributed by atoms with Gasteiger partial charge in [-0.15, -0.1) is 0 Å². The first-order chi connectivity index (χ1) is 20.1. The molecule has 2 amide bonds. The molecule has 1 atom stereocenters. The van der Waals surface area contributed by atoms with Crippen LogP contribution in [0.2, 0.25) is 5.02 Å². The van der Waals surface area contributed by atoms with E-state index in [2.05, 4.69) is 9.98 Å². The highest BCUT2D eigenvalue weighted by Gasteiger charge is 2.49. The molecule has 0 bridgehead atoms. The number of guanidine groups is 1. The van der Waals surface area contributed by atoms with E-state index in [4.69, 9.17) is 33.5 Å². The van der Waals surface area contributed by atoms with E-state index in [0.717, 1.165) is 16.5 Å². The quantitative estimate of drug-likeness (QED) is 0.0839. The third kappa shape index (κ3) is 5.84. The highest BCUT2D eigenvalue weighted by molar-refractivity contribution is 6.32. The number of aromatic nitrogens is 1. The maximum Gasteiger partial charge on any atom is 0.288 e. The zero-order valence-electron chi connectivity index (χ0n) is 22.7. The number of fused-ring (bicyclic) bond motifs is 1. The zero-order chi connectivity index (χ0) is 30.4. The average molecular weight is 592 g/mol. The van der Waals surface area contributed by atoms with Crippen molar-refractivity contribution in [2.24, 2.45) is 22.2 Å². The first kappa shape index (κ1) is 29.9. The molecule has 0 saturated heterocycles. The van der Waals surface area contributed by atoms with E-state index >= 15 is 0 Å². The second-order valence-electron chi connectivity index (χ2n) is 9.44. The summed E-state index contributed by atoms with van der Waals surface area (Å²) in [5.74, 6) is -0.930. The molecule has 1 heterocycles. The van der Waals surface area contributed by atoms with E-state index < -0.39 is 28.0 Å². The van der Waals surface area contributed by atoms with Crippen LogP contribution in [-0.2, 0) is 21.5 Å². The van der Waals surface area contributed by atoms with E-state index in [0.29, 0.717) is 17.7 Å². The SMILES string of the molecule is COc1ccc2c(CCN(C(=O)CCN=C(N)N)C(C(N)=O)(c3ccccc3)c3ccc(Cl)c([N+](=O)[O-])c3)c[nH]c2c1. The third-order valence-electron chi connectivity index (χ3n) is 7.01. The van der Waals surface area contributed by atoms with Crippen molar-refractivity contribution >= 4 is 46.0 Å². The molecule has 1 unspecified atom stereocenters. The number of nitrogens with one attached hydrogen (secondary N) is 1. The molecule has 0 spiro atoms. The van der Waals surface area contributed by atoms with E-state index in [-0.39, 0.29) is 36.1 Å². The molecule has 0 radical (unpaired) electrons. The number of nitro groups is 1. The molecular weight excluding hydrogens is 562 g/mol. The molecule has 218 valence electrons. The summed E-state index contributed by atoms with van der Waals surface area (Å²) in [7, 11) is 1.57. The van der Waals surface area contributed by atoms with E-state index in [1.165, 1.54) is 23.1 Å². The van der Waals surface area contributed by atoms with Crippen LogP contribution in [0.3, 0.4) is 0 Å². The van der Waals surface area contributed by atoms with E-state index in [9.17, 15) is 19.7 Å². The van der Waals surface area contributed by atoms with Crippen molar-refractivity contribution in [2.45, 2.75) is 18.4 Å². The number of rotatable bonds is 12. The number of nitro benzene ring substituents is 1. The molecule has 0 fully saturated rings. The summed E-state index contributed by atoms with van der Waals surface area (Å²) in [6.07, 6.45) is 1.95. The summed E-state index contributed by atoms with van der Waals surface area (Å²) in [4.78, 5) is 47.3. The van der Waals surface area contributed by atoms with Gasteiger partial charge < -0.3 is 31.8 Å². The number of nitrogens with two attached hydrogens (primary N) is 3. The van der Waals surface area contributed by atoms with Gasteiger partial charge in [-0.25, -0.2) is 0 Å². The number of carbonyl (C=O) groups excluding carboxylic acids is 2. The van der Waals surface area contributed by atoms with Gasteiger partial charge in [-0.1, -0.05) is 48.0 Å². The molecule has 1 aromatic heterocycles. The van der Waals surface area contributed by atoms with Crippen molar-refractivity contribution in [2.75, 3.05) is 20.2 Å². The topological polar surface area (TPSA) is 196 Å². The number of methoxy groups -OCH3 is 1. The molecule has 3 aromatic carbocycles. The first-order valence-electron chi connectivity index (χ1n) is 12.9. The molecule has 0 aliphatic carbocycles. The molecule has 12 nitrogen and oxygen atoms in total. The highest BCUT2D eigenvalue weighted by atomic mass is 35.5. The fourth-order valence-corrected chi connectivity index (χ4v) is 5.27. The Bertz CT molecular complexity index is 1650. The lowest BCUT2D eigenvalue weighted by molar-refractivity contribution is -0.384. The molecule has 0 aliphatic heterocycles. The van der Waals surface area contributed by atoms with Gasteiger partial charge in [0.25, 0.3) is 11.6 Å². The van der Waals surface area contributed by atoms with Gasteiger partial charge in [0.2, 0.25) is 5.91 Å². The Morgan fingerprint density at radius 1 is 1.07 bits per heavy atom. The van der Waals surface area contributed by atoms with Crippen LogP contribution < -0.4 is 21.9 Å². The largest absolute Gasteiger partial charge is 0.497 e. The zero-order valence-corrected chi connectivity index (χ0v) is 23.5. The number of carbonyl (C=O) groups is 2. The van der Waals surface area contributed by atoms with Crippen molar-refractivity contribution in [1.29, 1.82) is 0 Å². The number of aliphatic imine (C=N–C) groups is 1. The number of halogens is 1. The van der Waals surface area contributed by atoms with Gasteiger partial charge in [0, 0.05) is 42.2 Å². The number of amides is 2. The van der Waals surface area contributed by atoms with Crippen molar-refractivity contribution in [3.63, 3.8) is 0 Å². The van der Waals surface area contributed by atoms with Crippen LogP contribution in [0.5, 0.6) is 5.75 Å². The fraction of sp³-hybridized carbons (Fsp3) is 0.207. The van der Waals surface area contributed by atoms with Crippen LogP contribution in [0.4, 0.5) is 5.69 Å². The van der Waals surface area contributed by atoms with Crippen molar-refractivity contribution in [1.82, 2.24) is 9.88 Å². The van der Waals surface area contributed by atoms with Crippen LogP contribution in [-0.4, -0.2) is 52.8 Å². The van der Waals surface area contributed by atoms with Crippen LogP contribution >= 0.6 is 11.6 Å². The highest BCUT2D eigenvalue weighted by Crippen LogP contribution is 2.40. The minimum atomic E-state index is -1.94. The van der Waals surface area contributed by atoms with Crippen molar-refractivity contribution < 1.29 is 19.2 Å². The Morgan fingerprint density at radius 2 is 1.81 bits per heavy atom. The van der Waals surface area contributed by atoms with Crippen LogP contribution in [0.15, 0.2) is 77.9 Å². The van der Waals surface area contributed by atoms with Gasteiger partial charge in [0.15, 0.2) is 11.5 Å². The Labute approximate surface area is 246 Å². The van der Waals surface area contributed by atoms with E-state index in [1.54, 1.807) is 37.4 Å². The Hall–Kier alpha value is -5.10. The number of primary amides is 1. The second kappa shape index (κ2) is 12.6. The molecular formula is C29H30ClN7O5. The van der Waals surface area contributed by atoms with Gasteiger partial charge in [0.05, 0.1) is 18.6 Å². The van der Waals surface area contributed by atoms with Gasteiger partial charge in [0.1, 0.15) is 10.8 Å².